The summed E-state index contributed by atoms with van der Waals surface area (Å²) in [6.45, 7) is 6.24. The molecule has 4 aromatic carbocycles. The number of aromatic nitrogens is 4. The Kier molecular flexibility index (Phi) is 4.85. The Morgan fingerprint density at radius 3 is 2.30 bits per heavy atom. The Labute approximate surface area is 231 Å². The van der Waals surface area contributed by atoms with Gasteiger partial charge in [-0.1, -0.05) is 67.3 Å². The van der Waals surface area contributed by atoms with Crippen LogP contribution in [0.3, 0.4) is 0 Å². The van der Waals surface area contributed by atoms with Gasteiger partial charge < -0.3 is 14.1 Å². The number of benzene rings is 4. The van der Waals surface area contributed by atoms with Crippen LogP contribution in [0, 0.1) is 0 Å². The van der Waals surface area contributed by atoms with Crippen molar-refractivity contribution in [3.63, 3.8) is 0 Å². The number of allylic oxidation sites excluding steroid dienone is 1. The molecule has 4 aromatic heterocycles. The van der Waals surface area contributed by atoms with Crippen LogP contribution in [0.15, 0.2) is 116 Å². The van der Waals surface area contributed by atoms with Crippen LogP contribution in [0.4, 0.5) is 0 Å². The first-order chi connectivity index (χ1) is 19.8. The minimum absolute atomic E-state index is 1.09. The summed E-state index contributed by atoms with van der Waals surface area (Å²) in [7, 11) is 0. The fourth-order valence-corrected chi connectivity index (χ4v) is 6.40. The number of hydrogen-bond donors (Lipinski definition) is 1. The van der Waals surface area contributed by atoms with Crippen LogP contribution in [0.2, 0.25) is 0 Å². The zero-order valence-corrected chi connectivity index (χ0v) is 22.1. The predicted octanol–water partition coefficient (Wildman–Crippen LogP) is 9.43. The molecule has 190 valence electrons. The molecule has 0 radical (unpaired) electrons. The van der Waals surface area contributed by atoms with E-state index in [2.05, 4.69) is 136 Å². The molecule has 0 aliphatic carbocycles. The molecule has 0 saturated carbocycles. The van der Waals surface area contributed by atoms with Crippen LogP contribution in [-0.2, 0) is 0 Å². The number of nitrogens with zero attached hydrogens (tertiary/aromatic N) is 3. The van der Waals surface area contributed by atoms with Crippen molar-refractivity contribution in [2.24, 2.45) is 0 Å². The topological polar surface area (TPSA) is 38.5 Å². The van der Waals surface area contributed by atoms with Crippen molar-refractivity contribution in [1.29, 1.82) is 0 Å². The van der Waals surface area contributed by atoms with Crippen LogP contribution in [0.5, 0.6) is 0 Å². The smallest absolute Gasteiger partial charge is 0.0725 e. The zero-order valence-electron chi connectivity index (χ0n) is 22.1. The number of hydrogen-bond acceptors (Lipinski definition) is 1. The van der Waals surface area contributed by atoms with E-state index in [1.807, 2.05) is 18.5 Å². The molecule has 0 saturated heterocycles. The number of aromatic amines is 1. The summed E-state index contributed by atoms with van der Waals surface area (Å²) in [6.07, 6.45) is 10.1. The molecule has 0 atom stereocenters. The van der Waals surface area contributed by atoms with Crippen molar-refractivity contribution in [1.82, 2.24) is 19.1 Å². The molecule has 0 bridgehead atoms. The SMILES string of the molecule is C=Cc1c(/C=C\C)c2ccccc2n1-c1ccc2[nH]c3c(-n4c5ccccc5c5ccncc54)cccc3c2c1. The fraction of sp³-hybridized carbons (Fsp3) is 0.0278. The normalized spacial score (nSPS) is 12.1. The molecule has 8 aromatic rings. The van der Waals surface area contributed by atoms with Crippen molar-refractivity contribution in [3.8, 4) is 11.4 Å². The van der Waals surface area contributed by atoms with Crippen LogP contribution in [-0.4, -0.2) is 19.1 Å². The maximum Gasteiger partial charge on any atom is 0.0725 e. The monoisotopic (exact) mass is 514 g/mol. The van der Waals surface area contributed by atoms with E-state index in [4.69, 9.17) is 0 Å². The van der Waals surface area contributed by atoms with Gasteiger partial charge in [0.05, 0.1) is 39.6 Å². The molecular formula is C36H26N4. The van der Waals surface area contributed by atoms with Gasteiger partial charge in [-0.2, -0.15) is 0 Å². The van der Waals surface area contributed by atoms with Crippen molar-refractivity contribution in [2.45, 2.75) is 6.92 Å². The first kappa shape index (κ1) is 22.6. The van der Waals surface area contributed by atoms with E-state index >= 15 is 0 Å². The molecule has 40 heavy (non-hydrogen) atoms. The molecule has 1 N–H and O–H groups in total. The summed E-state index contributed by atoms with van der Waals surface area (Å²) in [5.41, 5.74) is 10.2. The number of para-hydroxylation sites is 3. The van der Waals surface area contributed by atoms with Crippen molar-refractivity contribution >= 4 is 66.7 Å². The molecule has 0 amide bonds. The van der Waals surface area contributed by atoms with Gasteiger partial charge in [-0.15, -0.1) is 0 Å². The van der Waals surface area contributed by atoms with Gasteiger partial charge in [-0.05, 0) is 55.5 Å². The van der Waals surface area contributed by atoms with Gasteiger partial charge in [0.2, 0.25) is 0 Å². The molecule has 0 unspecified atom stereocenters. The first-order valence-corrected chi connectivity index (χ1v) is 13.6. The second-order valence-corrected chi connectivity index (χ2v) is 10.2. The third-order valence-electron chi connectivity index (χ3n) is 8.05. The molecule has 4 heterocycles. The minimum atomic E-state index is 1.09. The summed E-state index contributed by atoms with van der Waals surface area (Å²) in [5.74, 6) is 0. The summed E-state index contributed by atoms with van der Waals surface area (Å²) in [6, 6.07) is 32.5. The first-order valence-electron chi connectivity index (χ1n) is 13.6. The van der Waals surface area contributed by atoms with Gasteiger partial charge in [0.1, 0.15) is 0 Å². The number of rotatable bonds is 4. The standard InChI is InChI=1S/C36H26N4/c1-3-10-24-25-11-5-7-14-32(25)39(31(24)4-2)23-17-18-30-29(21-23)28-13-9-16-34(36(28)38-30)40-33-15-8-6-12-26(33)27-19-20-37-22-35(27)40/h3-22,38H,2H2,1H3/b10-3-. The van der Waals surface area contributed by atoms with Gasteiger partial charge in [0, 0.05) is 49.9 Å². The van der Waals surface area contributed by atoms with Crippen molar-refractivity contribution in [3.05, 3.63) is 127 Å². The fourth-order valence-electron chi connectivity index (χ4n) is 6.40. The third-order valence-corrected chi connectivity index (χ3v) is 8.05. The minimum Gasteiger partial charge on any atom is -0.353 e. The molecule has 4 nitrogen and oxygen atoms in total. The summed E-state index contributed by atoms with van der Waals surface area (Å²) >= 11 is 0. The van der Waals surface area contributed by atoms with Gasteiger partial charge in [0.25, 0.3) is 0 Å². The maximum absolute atomic E-state index is 4.47. The lowest BCUT2D eigenvalue weighted by Gasteiger charge is -2.10. The lowest BCUT2D eigenvalue weighted by Crippen LogP contribution is -1.96. The van der Waals surface area contributed by atoms with Crippen molar-refractivity contribution < 1.29 is 0 Å². The Balaban J connectivity index is 1.42. The molecule has 0 aliphatic heterocycles. The lowest BCUT2D eigenvalue weighted by molar-refractivity contribution is 1.11. The van der Waals surface area contributed by atoms with Gasteiger partial charge >= 0.3 is 0 Å². The largest absolute Gasteiger partial charge is 0.353 e. The Morgan fingerprint density at radius 1 is 0.725 bits per heavy atom. The maximum atomic E-state index is 4.47. The Bertz CT molecular complexity index is 2250. The molecule has 0 aliphatic rings. The van der Waals surface area contributed by atoms with E-state index in [1.165, 1.54) is 43.5 Å². The van der Waals surface area contributed by atoms with Crippen LogP contribution >= 0.6 is 0 Å². The molecule has 0 fully saturated rings. The second kappa shape index (κ2) is 8.58. The number of fused-ring (bicyclic) bond motifs is 7. The van der Waals surface area contributed by atoms with Gasteiger partial charge in [-0.3, -0.25) is 4.98 Å². The van der Waals surface area contributed by atoms with Crippen LogP contribution in [0.1, 0.15) is 18.2 Å². The average Bonchev–Trinajstić information content (AvgIpc) is 3.65. The lowest BCUT2D eigenvalue weighted by atomic mass is 10.1. The average molecular weight is 515 g/mol. The highest BCUT2D eigenvalue weighted by Crippen LogP contribution is 2.38. The predicted molar refractivity (Wildman–Crippen MR) is 170 cm³/mol. The summed E-state index contributed by atoms with van der Waals surface area (Å²) < 4.78 is 4.65. The Hall–Kier alpha value is -5.35. The zero-order chi connectivity index (χ0) is 26.8. The number of H-pyrrole nitrogens is 1. The highest BCUT2D eigenvalue weighted by molar-refractivity contribution is 6.14. The van der Waals surface area contributed by atoms with Crippen molar-refractivity contribution in [2.75, 3.05) is 0 Å². The molecule has 8 rings (SSSR count). The van der Waals surface area contributed by atoms with E-state index in [1.54, 1.807) is 0 Å². The molecule has 4 heteroatoms. The molecule has 0 spiro atoms. The number of nitrogens with one attached hydrogen (secondary N) is 1. The van der Waals surface area contributed by atoms with Crippen LogP contribution in [0.25, 0.3) is 78.0 Å². The van der Waals surface area contributed by atoms with E-state index in [0.29, 0.717) is 0 Å². The van der Waals surface area contributed by atoms with Gasteiger partial charge in [0.15, 0.2) is 0 Å². The van der Waals surface area contributed by atoms with E-state index in [9.17, 15) is 0 Å². The second-order valence-electron chi connectivity index (χ2n) is 10.2. The van der Waals surface area contributed by atoms with E-state index in [0.717, 1.165) is 33.6 Å². The highest BCUT2D eigenvalue weighted by Gasteiger charge is 2.18. The van der Waals surface area contributed by atoms with E-state index in [-0.39, 0.29) is 0 Å². The third kappa shape index (κ3) is 3.04. The molecular weight excluding hydrogens is 488 g/mol. The quantitative estimate of drug-likeness (QED) is 0.250. The Morgan fingerprint density at radius 2 is 1.48 bits per heavy atom. The van der Waals surface area contributed by atoms with Gasteiger partial charge in [-0.25, -0.2) is 0 Å². The highest BCUT2D eigenvalue weighted by atomic mass is 15.0. The van der Waals surface area contributed by atoms with E-state index < -0.39 is 0 Å². The number of pyridine rings is 1. The summed E-state index contributed by atoms with van der Waals surface area (Å²) in [4.78, 5) is 8.22. The van der Waals surface area contributed by atoms with Crippen LogP contribution < -0.4 is 0 Å². The summed E-state index contributed by atoms with van der Waals surface area (Å²) in [5, 5.41) is 6.03.